The third-order valence-corrected chi connectivity index (χ3v) is 4.93. The van der Waals surface area contributed by atoms with Crippen molar-refractivity contribution in [1.29, 1.82) is 0 Å². The van der Waals surface area contributed by atoms with Crippen LogP contribution in [0.1, 0.15) is 30.9 Å². The van der Waals surface area contributed by atoms with E-state index >= 15 is 0 Å². The number of rotatable bonds is 7. The molecule has 0 amide bonds. The van der Waals surface area contributed by atoms with Gasteiger partial charge in [-0.1, -0.05) is 31.2 Å². The first-order valence-corrected chi connectivity index (χ1v) is 9.10. The number of hydrogen-bond acceptors (Lipinski definition) is 4. The molecule has 1 aromatic rings. The fourth-order valence-electron chi connectivity index (χ4n) is 2.35. The van der Waals surface area contributed by atoms with Crippen LogP contribution < -0.4 is 10.0 Å². The molecule has 0 aliphatic carbocycles. The van der Waals surface area contributed by atoms with Gasteiger partial charge >= 0.3 is 0 Å². The molecule has 0 aromatic heterocycles. The monoisotopic (exact) mass is 312 g/mol. The summed E-state index contributed by atoms with van der Waals surface area (Å²) < 4.78 is 32.3. The van der Waals surface area contributed by atoms with E-state index in [2.05, 4.69) is 17.0 Å². The topological polar surface area (TPSA) is 67.4 Å². The Kier molecular flexibility index (Phi) is 6.17. The highest BCUT2D eigenvalue weighted by atomic mass is 32.2. The first-order chi connectivity index (χ1) is 10.1. The predicted octanol–water partition coefficient (Wildman–Crippen LogP) is 1.39. The zero-order valence-corrected chi connectivity index (χ0v) is 13.3. The van der Waals surface area contributed by atoms with Crippen molar-refractivity contribution in [3.63, 3.8) is 0 Å². The summed E-state index contributed by atoms with van der Waals surface area (Å²) in [7, 11) is -3.29. The molecule has 0 unspecified atom stereocenters. The van der Waals surface area contributed by atoms with Crippen molar-refractivity contribution >= 4 is 10.0 Å². The summed E-state index contributed by atoms with van der Waals surface area (Å²) in [4.78, 5) is 0. The van der Waals surface area contributed by atoms with Gasteiger partial charge in [0.05, 0.1) is 5.75 Å². The van der Waals surface area contributed by atoms with Gasteiger partial charge in [0.1, 0.15) is 0 Å². The molecule has 1 aliphatic heterocycles. The van der Waals surface area contributed by atoms with Crippen LogP contribution in [0, 0.1) is 0 Å². The van der Waals surface area contributed by atoms with Crippen LogP contribution in [0.5, 0.6) is 0 Å². The van der Waals surface area contributed by atoms with Crippen LogP contribution >= 0.6 is 0 Å². The highest BCUT2D eigenvalue weighted by molar-refractivity contribution is 7.88. The number of nitrogens with one attached hydrogen (secondary N) is 2. The highest BCUT2D eigenvalue weighted by Crippen LogP contribution is 2.11. The van der Waals surface area contributed by atoms with Gasteiger partial charge in [-0.15, -0.1) is 0 Å². The number of ether oxygens (including phenoxy) is 1. The SMILES string of the molecule is CCNCc1ccc(CS(=O)(=O)NC2CCOCC2)cc1. The molecule has 1 aliphatic rings. The van der Waals surface area contributed by atoms with Gasteiger partial charge in [-0.2, -0.15) is 0 Å². The van der Waals surface area contributed by atoms with E-state index in [1.807, 2.05) is 24.3 Å². The van der Waals surface area contributed by atoms with E-state index < -0.39 is 10.0 Å². The number of sulfonamides is 1. The smallest absolute Gasteiger partial charge is 0.216 e. The van der Waals surface area contributed by atoms with E-state index in [-0.39, 0.29) is 11.8 Å². The second-order valence-electron chi connectivity index (χ2n) is 5.36. The van der Waals surface area contributed by atoms with Gasteiger partial charge in [-0.3, -0.25) is 0 Å². The minimum absolute atomic E-state index is 0.0109. The van der Waals surface area contributed by atoms with Crippen molar-refractivity contribution in [3.05, 3.63) is 35.4 Å². The van der Waals surface area contributed by atoms with Gasteiger partial charge in [0, 0.05) is 25.8 Å². The molecule has 1 aromatic carbocycles. The molecule has 0 atom stereocenters. The fraction of sp³-hybridized carbons (Fsp3) is 0.600. The molecular weight excluding hydrogens is 288 g/mol. The molecule has 2 rings (SSSR count). The van der Waals surface area contributed by atoms with E-state index in [4.69, 9.17) is 4.74 Å². The lowest BCUT2D eigenvalue weighted by atomic mass is 10.1. The van der Waals surface area contributed by atoms with Crippen LogP contribution in [0.25, 0.3) is 0 Å². The van der Waals surface area contributed by atoms with Crippen molar-refractivity contribution in [2.75, 3.05) is 19.8 Å². The zero-order valence-electron chi connectivity index (χ0n) is 12.5. The Morgan fingerprint density at radius 3 is 2.38 bits per heavy atom. The van der Waals surface area contributed by atoms with Crippen LogP contribution in [-0.2, 0) is 27.1 Å². The van der Waals surface area contributed by atoms with Crippen molar-refractivity contribution in [2.45, 2.75) is 38.1 Å². The summed E-state index contributed by atoms with van der Waals surface area (Å²) in [5.41, 5.74) is 1.98. The predicted molar refractivity (Wildman–Crippen MR) is 83.4 cm³/mol. The number of hydrogen-bond donors (Lipinski definition) is 2. The zero-order chi connectivity index (χ0) is 15.1. The lowest BCUT2D eigenvalue weighted by molar-refractivity contribution is 0.0832. The lowest BCUT2D eigenvalue weighted by Gasteiger charge is -2.22. The normalized spacial score (nSPS) is 17.0. The first kappa shape index (κ1) is 16.4. The summed E-state index contributed by atoms with van der Waals surface area (Å²) in [6.45, 7) is 5.05. The fourth-order valence-corrected chi connectivity index (χ4v) is 3.81. The van der Waals surface area contributed by atoms with Crippen molar-refractivity contribution in [2.24, 2.45) is 0 Å². The maximum atomic E-state index is 12.2. The second-order valence-corrected chi connectivity index (χ2v) is 7.11. The molecule has 0 bridgehead atoms. The molecule has 0 spiro atoms. The van der Waals surface area contributed by atoms with Gasteiger partial charge in [0.25, 0.3) is 0 Å². The lowest BCUT2D eigenvalue weighted by Crippen LogP contribution is -2.39. The Labute approximate surface area is 127 Å². The molecule has 5 nitrogen and oxygen atoms in total. The van der Waals surface area contributed by atoms with Crippen molar-refractivity contribution in [1.82, 2.24) is 10.0 Å². The molecule has 1 saturated heterocycles. The van der Waals surface area contributed by atoms with Crippen LogP contribution in [0.3, 0.4) is 0 Å². The minimum Gasteiger partial charge on any atom is -0.381 e. The van der Waals surface area contributed by atoms with Crippen molar-refractivity contribution in [3.8, 4) is 0 Å². The van der Waals surface area contributed by atoms with Crippen LogP contribution in [0.15, 0.2) is 24.3 Å². The van der Waals surface area contributed by atoms with E-state index in [1.54, 1.807) is 0 Å². The average Bonchev–Trinajstić information content (AvgIpc) is 2.47. The summed E-state index contributed by atoms with van der Waals surface area (Å²) in [6, 6.07) is 7.73. The minimum atomic E-state index is -3.29. The molecule has 1 fully saturated rings. The number of benzene rings is 1. The van der Waals surface area contributed by atoms with Crippen molar-refractivity contribution < 1.29 is 13.2 Å². The Hall–Kier alpha value is -0.950. The molecule has 1 heterocycles. The largest absolute Gasteiger partial charge is 0.381 e. The Morgan fingerprint density at radius 1 is 1.14 bits per heavy atom. The van der Waals surface area contributed by atoms with Gasteiger partial charge in [0.15, 0.2) is 0 Å². The third kappa shape index (κ3) is 5.74. The average molecular weight is 312 g/mol. The van der Waals surface area contributed by atoms with Gasteiger partial charge in [-0.05, 0) is 30.5 Å². The van der Waals surface area contributed by atoms with E-state index in [0.717, 1.165) is 37.1 Å². The maximum absolute atomic E-state index is 12.2. The standard InChI is InChI=1S/C15H24N2O3S/c1-2-16-11-13-3-5-14(6-4-13)12-21(18,19)17-15-7-9-20-10-8-15/h3-6,15-17H,2,7-12H2,1H3. The van der Waals surface area contributed by atoms with Crippen LogP contribution in [-0.4, -0.2) is 34.2 Å². The van der Waals surface area contributed by atoms with E-state index in [9.17, 15) is 8.42 Å². The van der Waals surface area contributed by atoms with E-state index in [1.165, 1.54) is 0 Å². The molecular formula is C15H24N2O3S. The summed E-state index contributed by atoms with van der Waals surface area (Å²) >= 11 is 0. The molecule has 118 valence electrons. The Balaban J connectivity index is 1.89. The quantitative estimate of drug-likeness (QED) is 0.798. The molecule has 2 N–H and O–H groups in total. The molecule has 0 radical (unpaired) electrons. The van der Waals surface area contributed by atoms with Gasteiger partial charge in [0.2, 0.25) is 10.0 Å². The summed E-state index contributed by atoms with van der Waals surface area (Å²) in [5, 5.41) is 3.24. The molecule has 21 heavy (non-hydrogen) atoms. The van der Waals surface area contributed by atoms with Crippen LogP contribution in [0.4, 0.5) is 0 Å². The Bertz CT molecular complexity index is 522. The maximum Gasteiger partial charge on any atom is 0.216 e. The van der Waals surface area contributed by atoms with E-state index in [0.29, 0.717) is 13.2 Å². The van der Waals surface area contributed by atoms with Gasteiger partial charge < -0.3 is 10.1 Å². The Morgan fingerprint density at radius 2 is 1.76 bits per heavy atom. The summed E-state index contributed by atoms with van der Waals surface area (Å²) in [6.07, 6.45) is 1.50. The second kappa shape index (κ2) is 7.89. The third-order valence-electron chi connectivity index (χ3n) is 3.53. The molecule has 0 saturated carbocycles. The highest BCUT2D eigenvalue weighted by Gasteiger charge is 2.20. The first-order valence-electron chi connectivity index (χ1n) is 7.45. The summed E-state index contributed by atoms with van der Waals surface area (Å²) in [5.74, 6) is 0.0336. The van der Waals surface area contributed by atoms with Crippen LogP contribution in [0.2, 0.25) is 0 Å². The van der Waals surface area contributed by atoms with Gasteiger partial charge in [-0.25, -0.2) is 13.1 Å². The molecule has 6 heteroatoms.